The van der Waals surface area contributed by atoms with Gasteiger partial charge in [0.05, 0.1) is 4.88 Å². The summed E-state index contributed by atoms with van der Waals surface area (Å²) in [5.74, 6) is 0.0906. The quantitative estimate of drug-likeness (QED) is 0.785. The van der Waals surface area contributed by atoms with Crippen LogP contribution in [-0.4, -0.2) is 51.9 Å². The van der Waals surface area contributed by atoms with Crippen LogP contribution in [-0.2, 0) is 10.2 Å². The number of carbonyl (C=O) groups excluding carboxylic acids is 1. The molecule has 0 unspecified atom stereocenters. The van der Waals surface area contributed by atoms with Crippen molar-refractivity contribution >= 4 is 38.8 Å². The minimum Gasteiger partial charge on any atom is -0.368 e. The van der Waals surface area contributed by atoms with Crippen LogP contribution in [0.25, 0.3) is 0 Å². The molecule has 1 fully saturated rings. The fourth-order valence-electron chi connectivity index (χ4n) is 2.85. The van der Waals surface area contributed by atoms with Gasteiger partial charge in [0.1, 0.15) is 0 Å². The van der Waals surface area contributed by atoms with Crippen LogP contribution in [0.3, 0.4) is 0 Å². The van der Waals surface area contributed by atoms with Crippen LogP contribution in [0, 0.1) is 0 Å². The van der Waals surface area contributed by atoms with Gasteiger partial charge < -0.3 is 9.80 Å². The number of hydrogen-bond donors (Lipinski definition) is 2. The molecule has 0 radical (unpaired) electrons. The van der Waals surface area contributed by atoms with Crippen molar-refractivity contribution < 1.29 is 13.2 Å². The summed E-state index contributed by atoms with van der Waals surface area (Å²) in [6.45, 7) is 4.91. The van der Waals surface area contributed by atoms with E-state index in [2.05, 4.69) is 14.3 Å². The molecule has 1 aromatic carbocycles. The summed E-state index contributed by atoms with van der Waals surface area (Å²) in [5.41, 5.74) is 1.53. The first-order chi connectivity index (χ1) is 12.5. The van der Waals surface area contributed by atoms with E-state index in [1.54, 1.807) is 19.1 Å². The van der Waals surface area contributed by atoms with Crippen molar-refractivity contribution in [2.75, 3.05) is 42.3 Å². The molecule has 0 spiro atoms. The third-order valence-corrected chi connectivity index (χ3v) is 6.15. The smallest absolute Gasteiger partial charge is 0.299 e. The van der Waals surface area contributed by atoms with Crippen LogP contribution in [0.15, 0.2) is 41.8 Å². The molecule has 0 saturated carbocycles. The lowest BCUT2D eigenvalue weighted by atomic mass is 10.2. The van der Waals surface area contributed by atoms with Crippen LogP contribution in [0.5, 0.6) is 0 Å². The van der Waals surface area contributed by atoms with E-state index in [0.29, 0.717) is 25.3 Å². The van der Waals surface area contributed by atoms with Crippen molar-refractivity contribution in [3.8, 4) is 0 Å². The molecular formula is C17H22N4O3S2. The summed E-state index contributed by atoms with van der Waals surface area (Å²) in [6.07, 6.45) is 0. The molecule has 1 aromatic heterocycles. The van der Waals surface area contributed by atoms with Crippen LogP contribution < -0.4 is 14.3 Å². The van der Waals surface area contributed by atoms with Gasteiger partial charge in [-0.3, -0.25) is 9.52 Å². The predicted octanol–water partition coefficient (Wildman–Crippen LogP) is 1.98. The first-order valence-electron chi connectivity index (χ1n) is 8.44. The number of benzene rings is 1. The summed E-state index contributed by atoms with van der Waals surface area (Å²) >= 11 is 1.47. The number of rotatable bonds is 6. The third kappa shape index (κ3) is 4.54. The molecule has 2 aromatic rings. The minimum atomic E-state index is -3.52. The Morgan fingerprint density at radius 1 is 1.12 bits per heavy atom. The zero-order valence-corrected chi connectivity index (χ0v) is 16.1. The maximum absolute atomic E-state index is 12.4. The Morgan fingerprint density at radius 3 is 2.38 bits per heavy atom. The molecule has 0 bridgehead atoms. The van der Waals surface area contributed by atoms with E-state index in [-0.39, 0.29) is 5.91 Å². The number of nitrogens with zero attached hydrogens (tertiary/aromatic N) is 2. The highest BCUT2D eigenvalue weighted by Gasteiger charge is 2.22. The van der Waals surface area contributed by atoms with Gasteiger partial charge in [-0.15, -0.1) is 11.3 Å². The zero-order valence-electron chi connectivity index (χ0n) is 14.5. The van der Waals surface area contributed by atoms with Gasteiger partial charge in [0.25, 0.3) is 16.1 Å². The van der Waals surface area contributed by atoms with Crippen LogP contribution in [0.4, 0.5) is 11.4 Å². The Balaban J connectivity index is 1.57. The highest BCUT2D eigenvalue weighted by Crippen LogP contribution is 2.21. The third-order valence-electron chi connectivity index (χ3n) is 4.12. The van der Waals surface area contributed by atoms with E-state index >= 15 is 0 Å². The first-order valence-corrected chi connectivity index (χ1v) is 10.8. The van der Waals surface area contributed by atoms with Gasteiger partial charge in [0, 0.05) is 44.1 Å². The predicted molar refractivity (Wildman–Crippen MR) is 105 cm³/mol. The molecule has 1 amide bonds. The standard InChI is InChI=1S/C17H22N4O3S2/c1-2-18-26(23,24)19-14-5-7-15(8-6-14)20-9-11-21(12-10-20)17(22)16-4-3-13-25-16/h3-8,13,18-19H,2,9-12H2,1H3. The Hall–Kier alpha value is -2.10. The van der Waals surface area contributed by atoms with Gasteiger partial charge in [-0.2, -0.15) is 13.1 Å². The monoisotopic (exact) mass is 394 g/mol. The van der Waals surface area contributed by atoms with Gasteiger partial charge in [-0.05, 0) is 35.7 Å². The Labute approximate surface area is 157 Å². The number of piperazine rings is 1. The largest absolute Gasteiger partial charge is 0.368 e. The molecular weight excluding hydrogens is 372 g/mol. The lowest BCUT2D eigenvalue weighted by molar-refractivity contribution is 0.0751. The van der Waals surface area contributed by atoms with Crippen LogP contribution in [0.1, 0.15) is 16.6 Å². The lowest BCUT2D eigenvalue weighted by Gasteiger charge is -2.36. The summed E-state index contributed by atoms with van der Waals surface area (Å²) in [6, 6.07) is 11.0. The second kappa shape index (κ2) is 8.07. The average Bonchev–Trinajstić information content (AvgIpc) is 3.16. The molecule has 1 saturated heterocycles. The van der Waals surface area contributed by atoms with Gasteiger partial charge in [-0.1, -0.05) is 13.0 Å². The topological polar surface area (TPSA) is 81.8 Å². The summed E-state index contributed by atoms with van der Waals surface area (Å²) in [4.78, 5) is 17.2. The number of nitrogens with one attached hydrogen (secondary N) is 2. The minimum absolute atomic E-state index is 0.0906. The van der Waals surface area contributed by atoms with Crippen molar-refractivity contribution in [1.29, 1.82) is 0 Å². The Bertz CT molecular complexity index is 827. The molecule has 26 heavy (non-hydrogen) atoms. The van der Waals surface area contributed by atoms with E-state index in [1.807, 2.05) is 34.5 Å². The molecule has 0 aliphatic carbocycles. The molecule has 1 aliphatic rings. The highest BCUT2D eigenvalue weighted by molar-refractivity contribution is 7.90. The zero-order chi connectivity index (χ0) is 18.6. The molecule has 0 atom stereocenters. The molecule has 3 rings (SSSR count). The molecule has 1 aliphatic heterocycles. The Morgan fingerprint density at radius 2 is 1.81 bits per heavy atom. The number of amides is 1. The summed E-state index contributed by atoms with van der Waals surface area (Å²) in [7, 11) is -3.52. The fourth-order valence-corrected chi connectivity index (χ4v) is 4.43. The highest BCUT2D eigenvalue weighted by atomic mass is 32.2. The second-order valence-corrected chi connectivity index (χ2v) is 8.35. The fraction of sp³-hybridized carbons (Fsp3) is 0.353. The molecule has 2 N–H and O–H groups in total. The molecule has 2 heterocycles. The second-order valence-electron chi connectivity index (χ2n) is 5.91. The maximum Gasteiger partial charge on any atom is 0.299 e. The van der Waals surface area contributed by atoms with E-state index in [1.165, 1.54) is 11.3 Å². The van der Waals surface area contributed by atoms with Crippen molar-refractivity contribution in [3.05, 3.63) is 46.7 Å². The van der Waals surface area contributed by atoms with Crippen LogP contribution >= 0.6 is 11.3 Å². The van der Waals surface area contributed by atoms with Gasteiger partial charge in [0.2, 0.25) is 0 Å². The number of thiophene rings is 1. The lowest BCUT2D eigenvalue weighted by Crippen LogP contribution is -2.48. The number of hydrogen-bond acceptors (Lipinski definition) is 5. The number of carbonyl (C=O) groups is 1. The summed E-state index contributed by atoms with van der Waals surface area (Å²) < 4.78 is 28.3. The molecule has 7 nitrogen and oxygen atoms in total. The SMILES string of the molecule is CCNS(=O)(=O)Nc1ccc(N2CCN(C(=O)c3cccs3)CC2)cc1. The van der Waals surface area contributed by atoms with Gasteiger partial charge in [-0.25, -0.2) is 0 Å². The Kier molecular flexibility index (Phi) is 5.80. The van der Waals surface area contributed by atoms with Gasteiger partial charge >= 0.3 is 0 Å². The van der Waals surface area contributed by atoms with E-state index in [0.717, 1.165) is 23.7 Å². The normalized spacial score (nSPS) is 15.1. The molecule has 9 heteroatoms. The summed E-state index contributed by atoms with van der Waals surface area (Å²) in [5, 5.41) is 1.91. The van der Waals surface area contributed by atoms with Crippen molar-refractivity contribution in [2.45, 2.75) is 6.92 Å². The van der Waals surface area contributed by atoms with E-state index in [4.69, 9.17) is 0 Å². The average molecular weight is 395 g/mol. The van der Waals surface area contributed by atoms with E-state index < -0.39 is 10.2 Å². The van der Waals surface area contributed by atoms with E-state index in [9.17, 15) is 13.2 Å². The van der Waals surface area contributed by atoms with Crippen molar-refractivity contribution in [3.63, 3.8) is 0 Å². The maximum atomic E-state index is 12.4. The van der Waals surface area contributed by atoms with Crippen LogP contribution in [0.2, 0.25) is 0 Å². The number of anilines is 2. The van der Waals surface area contributed by atoms with Gasteiger partial charge in [0.15, 0.2) is 0 Å². The van der Waals surface area contributed by atoms with Crippen molar-refractivity contribution in [2.24, 2.45) is 0 Å². The molecule has 140 valence electrons. The first kappa shape index (κ1) is 18.7. The van der Waals surface area contributed by atoms with Crippen molar-refractivity contribution in [1.82, 2.24) is 9.62 Å².